The highest BCUT2D eigenvalue weighted by Crippen LogP contribution is 2.21. The molecule has 1 N–H and O–H groups in total. The third kappa shape index (κ3) is 2.17. The normalized spacial score (nSPS) is 11.1. The van der Waals surface area contributed by atoms with Crippen molar-refractivity contribution in [2.24, 2.45) is 0 Å². The fourth-order valence-electron chi connectivity index (χ4n) is 2.34. The second-order valence-corrected chi connectivity index (χ2v) is 5.95. The lowest BCUT2D eigenvalue weighted by atomic mass is 10.1. The Kier molecular flexibility index (Phi) is 3.17. The number of hydrogen-bond acceptors (Lipinski definition) is 4. The molecule has 0 unspecified atom stereocenters. The molecule has 21 heavy (non-hydrogen) atoms. The molecule has 108 valence electrons. The molecule has 0 saturated carbocycles. The number of hydrogen-bond donors (Lipinski definition) is 1. The van der Waals surface area contributed by atoms with Crippen LogP contribution in [0.4, 0.5) is 0 Å². The molecular weight excluding hydrogens is 288 g/mol. The molecule has 0 radical (unpaired) electrons. The summed E-state index contributed by atoms with van der Waals surface area (Å²) >= 11 is 1.24. The fraction of sp³-hybridized carbons (Fsp3) is 0.200. The van der Waals surface area contributed by atoms with Crippen molar-refractivity contribution in [2.45, 2.75) is 20.4 Å². The third-order valence-corrected chi connectivity index (χ3v) is 4.55. The molecule has 0 atom stereocenters. The van der Waals surface area contributed by atoms with Gasteiger partial charge in [0.05, 0.1) is 12.1 Å². The zero-order chi connectivity index (χ0) is 15.1. The highest BCUT2D eigenvalue weighted by Gasteiger charge is 2.16. The Balaban J connectivity index is 2.26. The average molecular weight is 302 g/mol. The van der Waals surface area contributed by atoms with Crippen molar-refractivity contribution < 1.29 is 5.21 Å². The van der Waals surface area contributed by atoms with E-state index in [0.717, 1.165) is 16.7 Å². The number of aryl methyl sites for hydroxylation is 2. The monoisotopic (exact) mass is 302 g/mol. The van der Waals surface area contributed by atoms with Gasteiger partial charge < -0.3 is 5.21 Å². The number of benzene rings is 1. The minimum absolute atomic E-state index is 0.187. The highest BCUT2D eigenvalue weighted by molar-refractivity contribution is 7.17. The first-order valence-electron chi connectivity index (χ1n) is 6.47. The lowest BCUT2D eigenvalue weighted by Gasteiger charge is -2.10. The largest absolute Gasteiger partial charge is 0.421 e. The average Bonchev–Trinajstić information content (AvgIpc) is 2.85. The number of rotatable bonds is 2. The Morgan fingerprint density at radius 3 is 2.48 bits per heavy atom. The van der Waals surface area contributed by atoms with Gasteiger partial charge in [-0.25, -0.2) is 4.79 Å². The number of thiophene rings is 1. The molecule has 0 spiro atoms. The molecule has 0 amide bonds. The van der Waals surface area contributed by atoms with Crippen molar-refractivity contribution in [3.8, 4) is 0 Å². The highest BCUT2D eigenvalue weighted by atomic mass is 32.1. The van der Waals surface area contributed by atoms with Gasteiger partial charge in [0.2, 0.25) is 0 Å². The molecule has 5 nitrogen and oxygen atoms in total. The van der Waals surface area contributed by atoms with Crippen molar-refractivity contribution in [2.75, 3.05) is 0 Å². The van der Waals surface area contributed by atoms with E-state index in [9.17, 15) is 14.8 Å². The molecule has 0 saturated heterocycles. The lowest BCUT2D eigenvalue weighted by molar-refractivity contribution is 0.158. The van der Waals surface area contributed by atoms with Gasteiger partial charge in [-0.05, 0) is 30.4 Å². The zero-order valence-electron chi connectivity index (χ0n) is 11.7. The summed E-state index contributed by atoms with van der Waals surface area (Å²) in [5.41, 5.74) is 2.16. The van der Waals surface area contributed by atoms with Gasteiger partial charge in [-0.1, -0.05) is 34.6 Å². The Morgan fingerprint density at radius 2 is 1.81 bits per heavy atom. The quantitative estimate of drug-likeness (QED) is 0.738. The predicted octanol–water partition coefficient (Wildman–Crippen LogP) is 2.13. The molecule has 3 aromatic rings. The van der Waals surface area contributed by atoms with Gasteiger partial charge in [-0.3, -0.25) is 9.36 Å². The van der Waals surface area contributed by atoms with E-state index in [0.29, 0.717) is 16.8 Å². The number of fused-ring (bicyclic) bond motifs is 1. The van der Waals surface area contributed by atoms with Crippen molar-refractivity contribution >= 4 is 21.6 Å². The van der Waals surface area contributed by atoms with Crippen LogP contribution in [0.2, 0.25) is 0 Å². The molecule has 2 heterocycles. The van der Waals surface area contributed by atoms with Crippen LogP contribution < -0.4 is 11.2 Å². The Bertz CT molecular complexity index is 932. The Labute approximate surface area is 124 Å². The molecule has 2 aromatic heterocycles. The second kappa shape index (κ2) is 4.89. The van der Waals surface area contributed by atoms with E-state index in [2.05, 4.69) is 0 Å². The van der Waals surface area contributed by atoms with E-state index >= 15 is 0 Å². The van der Waals surface area contributed by atoms with Gasteiger partial charge in [0.25, 0.3) is 0 Å². The summed E-state index contributed by atoms with van der Waals surface area (Å²) in [6, 6.07) is 7.80. The molecule has 0 aliphatic heterocycles. The molecule has 3 rings (SSSR count). The second-order valence-electron chi connectivity index (χ2n) is 5.07. The van der Waals surface area contributed by atoms with Crippen molar-refractivity contribution in [1.82, 2.24) is 9.30 Å². The molecular formula is C15H14N2O3S. The van der Waals surface area contributed by atoms with Crippen molar-refractivity contribution in [1.29, 1.82) is 0 Å². The molecule has 1 aromatic carbocycles. The number of aromatic nitrogens is 2. The van der Waals surface area contributed by atoms with Crippen LogP contribution in [-0.2, 0) is 6.54 Å². The number of nitrogens with zero attached hydrogens (tertiary/aromatic N) is 2. The first-order chi connectivity index (χ1) is 9.99. The van der Waals surface area contributed by atoms with E-state index in [1.54, 1.807) is 0 Å². The molecule has 0 bridgehead atoms. The van der Waals surface area contributed by atoms with Gasteiger partial charge in [-0.2, -0.15) is 0 Å². The van der Waals surface area contributed by atoms with Gasteiger partial charge in [0, 0.05) is 0 Å². The van der Waals surface area contributed by atoms with Crippen LogP contribution in [0, 0.1) is 13.8 Å². The maximum Gasteiger partial charge on any atom is 0.365 e. The van der Waals surface area contributed by atoms with Gasteiger partial charge in [0.15, 0.2) is 0 Å². The van der Waals surface area contributed by atoms with Crippen LogP contribution in [0.3, 0.4) is 0 Å². The summed E-state index contributed by atoms with van der Waals surface area (Å²) < 4.78 is 2.02. The topological polar surface area (TPSA) is 64.2 Å². The van der Waals surface area contributed by atoms with Crippen molar-refractivity contribution in [3.05, 3.63) is 67.2 Å². The smallest absolute Gasteiger partial charge is 0.365 e. The minimum atomic E-state index is -0.713. The van der Waals surface area contributed by atoms with Gasteiger partial charge >= 0.3 is 11.2 Å². The maximum atomic E-state index is 12.2. The maximum absolute atomic E-state index is 12.2. The van der Waals surface area contributed by atoms with E-state index in [1.165, 1.54) is 15.9 Å². The Hall–Kier alpha value is -2.34. The molecule has 0 fully saturated rings. The third-order valence-electron chi connectivity index (χ3n) is 3.47. The summed E-state index contributed by atoms with van der Waals surface area (Å²) in [5, 5.41) is 11.5. The lowest BCUT2D eigenvalue weighted by Crippen LogP contribution is -2.38. The first-order valence-corrected chi connectivity index (χ1v) is 7.35. The van der Waals surface area contributed by atoms with Crippen LogP contribution in [0.25, 0.3) is 10.2 Å². The van der Waals surface area contributed by atoms with Crippen LogP contribution in [0.5, 0.6) is 0 Å². The fourth-order valence-corrected chi connectivity index (χ4v) is 3.32. The zero-order valence-corrected chi connectivity index (χ0v) is 12.5. The van der Waals surface area contributed by atoms with E-state index < -0.39 is 11.2 Å². The summed E-state index contributed by atoms with van der Waals surface area (Å²) in [4.78, 5) is 24.1. The van der Waals surface area contributed by atoms with E-state index in [-0.39, 0.29) is 4.73 Å². The minimum Gasteiger partial charge on any atom is -0.421 e. The Morgan fingerprint density at radius 1 is 1.14 bits per heavy atom. The van der Waals surface area contributed by atoms with Crippen molar-refractivity contribution in [3.63, 3.8) is 0 Å². The summed E-state index contributed by atoms with van der Waals surface area (Å²) in [6.45, 7) is 4.16. The van der Waals surface area contributed by atoms with Gasteiger partial charge in [0.1, 0.15) is 4.70 Å². The molecule has 0 aliphatic carbocycles. The summed E-state index contributed by atoms with van der Waals surface area (Å²) in [7, 11) is 0. The van der Waals surface area contributed by atoms with Crippen LogP contribution in [0.1, 0.15) is 16.7 Å². The van der Waals surface area contributed by atoms with Gasteiger partial charge in [-0.15, -0.1) is 11.3 Å². The van der Waals surface area contributed by atoms with E-state index in [1.807, 2.05) is 43.5 Å². The molecule has 0 aliphatic rings. The van der Waals surface area contributed by atoms with Crippen LogP contribution >= 0.6 is 11.3 Å². The first kappa shape index (κ1) is 13.6. The summed E-state index contributed by atoms with van der Waals surface area (Å²) in [5.74, 6) is 0. The van der Waals surface area contributed by atoms with Crippen LogP contribution in [-0.4, -0.2) is 14.5 Å². The predicted molar refractivity (Wildman–Crippen MR) is 82.5 cm³/mol. The SMILES string of the molecule is Cc1ccc(Cn2c(=O)n(O)c(=O)c3scc(C)c32)cc1. The molecule has 6 heteroatoms. The summed E-state index contributed by atoms with van der Waals surface area (Å²) in [6.07, 6.45) is 0. The van der Waals surface area contributed by atoms with E-state index in [4.69, 9.17) is 0 Å². The standard InChI is InChI=1S/C15H14N2O3S/c1-9-3-5-11(6-4-9)7-16-12-10(2)8-21-13(12)14(18)17(20)15(16)19/h3-6,8,20H,7H2,1-2H3. The van der Waals surface area contributed by atoms with Crippen LogP contribution in [0.15, 0.2) is 39.2 Å².